The number of rotatable bonds is 3. The fourth-order valence-electron chi connectivity index (χ4n) is 0.469. The van der Waals surface area contributed by atoms with E-state index in [9.17, 15) is 0 Å². The summed E-state index contributed by atoms with van der Waals surface area (Å²) in [6.45, 7) is 6.06. The highest BCUT2D eigenvalue weighted by molar-refractivity contribution is 4.71. The van der Waals surface area contributed by atoms with Crippen LogP contribution >= 0.6 is 0 Å². The van der Waals surface area contributed by atoms with Gasteiger partial charge in [0.1, 0.15) is 0 Å². The number of aliphatic hydroxyl groups excluding tert-OH is 1. The Morgan fingerprint density at radius 1 is 1.38 bits per heavy atom. The summed E-state index contributed by atoms with van der Waals surface area (Å²) in [6, 6.07) is 0. The van der Waals surface area contributed by atoms with Gasteiger partial charge in [-0.2, -0.15) is 0 Å². The Morgan fingerprint density at radius 2 is 1.88 bits per heavy atom. The normalized spacial score (nSPS) is 14.6. The van der Waals surface area contributed by atoms with E-state index in [2.05, 4.69) is 13.8 Å². The van der Waals surface area contributed by atoms with Crippen molar-refractivity contribution >= 4 is 0 Å². The van der Waals surface area contributed by atoms with Gasteiger partial charge in [0.15, 0.2) is 0 Å². The average molecular weight is 115 g/mol. The van der Waals surface area contributed by atoms with Crippen molar-refractivity contribution in [1.29, 1.82) is 0 Å². The van der Waals surface area contributed by atoms with Crippen LogP contribution in [0.1, 0.15) is 27.2 Å². The lowest BCUT2D eigenvalue weighted by Gasteiger charge is -2.04. The molecule has 1 atom stereocenters. The standard InChI is InChI=1S/C7H15O/c1-6(2)4-5-7(3)8/h5-8H,4H2,1-3H3. The summed E-state index contributed by atoms with van der Waals surface area (Å²) in [6.07, 6.45) is 2.69. The van der Waals surface area contributed by atoms with Crippen molar-refractivity contribution in [3.05, 3.63) is 6.42 Å². The molecule has 0 saturated heterocycles. The Balaban J connectivity index is 2.93. The lowest BCUT2D eigenvalue weighted by Crippen LogP contribution is -2.02. The van der Waals surface area contributed by atoms with E-state index < -0.39 is 0 Å². The highest BCUT2D eigenvalue weighted by Crippen LogP contribution is 2.04. The van der Waals surface area contributed by atoms with Gasteiger partial charge in [-0.25, -0.2) is 0 Å². The monoisotopic (exact) mass is 115 g/mol. The molecule has 1 N–H and O–H groups in total. The molecule has 0 rings (SSSR count). The first-order valence-corrected chi connectivity index (χ1v) is 3.14. The predicted octanol–water partition coefficient (Wildman–Crippen LogP) is 1.62. The second-order valence-electron chi connectivity index (χ2n) is 2.61. The molecule has 0 amide bonds. The Labute approximate surface area is 51.7 Å². The molecule has 0 fully saturated rings. The summed E-state index contributed by atoms with van der Waals surface area (Å²) in [5, 5.41) is 8.75. The SMILES string of the molecule is CC(O)[CH]CC(C)C. The number of hydrogen-bond acceptors (Lipinski definition) is 1. The molecule has 1 unspecified atom stereocenters. The predicted molar refractivity (Wildman–Crippen MR) is 35.4 cm³/mol. The van der Waals surface area contributed by atoms with Crippen molar-refractivity contribution in [2.24, 2.45) is 5.92 Å². The van der Waals surface area contributed by atoms with Gasteiger partial charge in [-0.05, 0) is 25.7 Å². The van der Waals surface area contributed by atoms with Crippen molar-refractivity contribution in [3.8, 4) is 0 Å². The van der Waals surface area contributed by atoms with E-state index in [4.69, 9.17) is 5.11 Å². The van der Waals surface area contributed by atoms with Gasteiger partial charge in [-0.3, -0.25) is 0 Å². The Morgan fingerprint density at radius 3 is 2.00 bits per heavy atom. The smallest absolute Gasteiger partial charge is 0.0543 e. The minimum Gasteiger partial charge on any atom is -0.393 e. The molecule has 1 radical (unpaired) electrons. The van der Waals surface area contributed by atoms with Crippen LogP contribution in [0.3, 0.4) is 0 Å². The van der Waals surface area contributed by atoms with Gasteiger partial charge in [-0.1, -0.05) is 13.8 Å². The quantitative estimate of drug-likeness (QED) is 0.592. The lowest BCUT2D eigenvalue weighted by atomic mass is 10.1. The van der Waals surface area contributed by atoms with Crippen molar-refractivity contribution in [2.45, 2.75) is 33.3 Å². The zero-order chi connectivity index (χ0) is 6.57. The van der Waals surface area contributed by atoms with Crippen LogP contribution in [0.15, 0.2) is 0 Å². The van der Waals surface area contributed by atoms with Crippen molar-refractivity contribution in [2.75, 3.05) is 0 Å². The molecule has 0 aliphatic rings. The van der Waals surface area contributed by atoms with E-state index >= 15 is 0 Å². The third kappa shape index (κ3) is 5.96. The van der Waals surface area contributed by atoms with Crippen LogP contribution in [-0.2, 0) is 0 Å². The molecule has 0 aromatic carbocycles. The summed E-state index contributed by atoms with van der Waals surface area (Å²) in [4.78, 5) is 0. The topological polar surface area (TPSA) is 20.2 Å². The molecular weight excluding hydrogens is 100 g/mol. The molecule has 0 aromatic heterocycles. The molecule has 0 heterocycles. The number of hydrogen-bond donors (Lipinski definition) is 1. The second kappa shape index (κ2) is 3.90. The molecule has 0 aromatic rings. The molecule has 1 heteroatoms. The molecule has 0 saturated carbocycles. The average Bonchev–Trinajstić information content (AvgIpc) is 1.61. The van der Waals surface area contributed by atoms with Crippen molar-refractivity contribution in [3.63, 3.8) is 0 Å². The van der Waals surface area contributed by atoms with Crippen LogP contribution in [0.25, 0.3) is 0 Å². The molecular formula is C7H15O. The summed E-state index contributed by atoms with van der Waals surface area (Å²) < 4.78 is 0. The maximum absolute atomic E-state index is 8.75. The first-order valence-electron chi connectivity index (χ1n) is 3.14. The van der Waals surface area contributed by atoms with Crippen molar-refractivity contribution in [1.82, 2.24) is 0 Å². The maximum atomic E-state index is 8.75. The van der Waals surface area contributed by atoms with E-state index in [0.29, 0.717) is 5.92 Å². The van der Waals surface area contributed by atoms with Gasteiger partial charge in [0.05, 0.1) is 6.10 Å². The first-order chi connectivity index (χ1) is 3.63. The molecule has 0 bridgehead atoms. The molecule has 0 spiro atoms. The minimum atomic E-state index is -0.239. The highest BCUT2D eigenvalue weighted by atomic mass is 16.3. The Bertz CT molecular complexity index is 40.3. The van der Waals surface area contributed by atoms with Gasteiger partial charge < -0.3 is 5.11 Å². The molecule has 1 nitrogen and oxygen atoms in total. The fourth-order valence-corrected chi connectivity index (χ4v) is 0.469. The Kier molecular flexibility index (Phi) is 3.88. The lowest BCUT2D eigenvalue weighted by molar-refractivity contribution is 0.220. The first kappa shape index (κ1) is 7.96. The van der Waals surface area contributed by atoms with E-state index in [1.165, 1.54) is 0 Å². The zero-order valence-corrected chi connectivity index (χ0v) is 5.89. The van der Waals surface area contributed by atoms with E-state index in [1.54, 1.807) is 6.92 Å². The largest absolute Gasteiger partial charge is 0.393 e. The van der Waals surface area contributed by atoms with Gasteiger partial charge in [0.25, 0.3) is 0 Å². The Hall–Kier alpha value is -0.0400. The summed E-state index contributed by atoms with van der Waals surface area (Å²) >= 11 is 0. The molecule has 49 valence electrons. The zero-order valence-electron chi connectivity index (χ0n) is 5.89. The van der Waals surface area contributed by atoms with Gasteiger partial charge in [0, 0.05) is 0 Å². The fraction of sp³-hybridized carbons (Fsp3) is 0.857. The third-order valence-electron chi connectivity index (χ3n) is 0.949. The van der Waals surface area contributed by atoms with E-state index in [0.717, 1.165) is 6.42 Å². The van der Waals surface area contributed by atoms with Crippen LogP contribution in [0.4, 0.5) is 0 Å². The van der Waals surface area contributed by atoms with Crippen molar-refractivity contribution < 1.29 is 5.11 Å². The maximum Gasteiger partial charge on any atom is 0.0543 e. The van der Waals surface area contributed by atoms with Crippen LogP contribution in [0, 0.1) is 12.3 Å². The van der Waals surface area contributed by atoms with Gasteiger partial charge in [0.2, 0.25) is 0 Å². The third-order valence-corrected chi connectivity index (χ3v) is 0.949. The summed E-state index contributed by atoms with van der Waals surface area (Å²) in [5.74, 6) is 0.671. The van der Waals surface area contributed by atoms with Crippen LogP contribution in [0.2, 0.25) is 0 Å². The van der Waals surface area contributed by atoms with E-state index in [1.807, 2.05) is 6.42 Å². The van der Waals surface area contributed by atoms with Crippen LogP contribution < -0.4 is 0 Å². The number of aliphatic hydroxyl groups is 1. The highest BCUT2D eigenvalue weighted by Gasteiger charge is 1.97. The second-order valence-corrected chi connectivity index (χ2v) is 2.61. The summed E-state index contributed by atoms with van der Waals surface area (Å²) in [7, 11) is 0. The van der Waals surface area contributed by atoms with Crippen LogP contribution in [0.5, 0.6) is 0 Å². The molecule has 8 heavy (non-hydrogen) atoms. The summed E-state index contributed by atoms with van der Waals surface area (Å²) in [5.41, 5.74) is 0. The molecule has 0 aliphatic carbocycles. The van der Waals surface area contributed by atoms with Gasteiger partial charge in [-0.15, -0.1) is 0 Å². The molecule has 0 aliphatic heterocycles. The van der Waals surface area contributed by atoms with Gasteiger partial charge >= 0.3 is 0 Å². The minimum absolute atomic E-state index is 0.239. The van der Waals surface area contributed by atoms with Crippen LogP contribution in [-0.4, -0.2) is 11.2 Å². The van der Waals surface area contributed by atoms with E-state index in [-0.39, 0.29) is 6.10 Å².